The van der Waals surface area contributed by atoms with Crippen molar-refractivity contribution >= 4 is 17.1 Å². The first-order valence-corrected chi connectivity index (χ1v) is 22.9. The van der Waals surface area contributed by atoms with E-state index in [1.54, 1.807) is 0 Å². The first-order valence-electron chi connectivity index (χ1n) is 22.9. The number of ether oxygens (including phenoxy) is 1. The van der Waals surface area contributed by atoms with E-state index >= 15 is 0 Å². The quantitative estimate of drug-likeness (QED) is 0.156. The zero-order chi connectivity index (χ0) is 46.0. The van der Waals surface area contributed by atoms with Crippen molar-refractivity contribution in [1.29, 1.82) is 0 Å². The second-order valence-corrected chi connectivity index (χ2v) is 18.3. The highest BCUT2D eigenvalue weighted by atomic mass is 16.5. The Labute approximate surface area is 395 Å². The van der Waals surface area contributed by atoms with Crippen LogP contribution in [-0.2, 0) is 11.0 Å². The highest BCUT2D eigenvalue weighted by Crippen LogP contribution is 2.52. The lowest BCUT2D eigenvalue weighted by Crippen LogP contribution is -2.30. The molecule has 2 aliphatic heterocycles. The van der Waals surface area contributed by atoms with Crippen LogP contribution < -0.4 is 9.64 Å². The fourth-order valence-corrected chi connectivity index (χ4v) is 9.71. The molecule has 0 amide bonds. The van der Waals surface area contributed by atoms with Crippen LogP contribution in [0.3, 0.4) is 0 Å². The Morgan fingerprint density at radius 1 is 0.338 bits per heavy atom. The van der Waals surface area contributed by atoms with Crippen molar-refractivity contribution in [2.75, 3.05) is 4.90 Å². The standard InChI is InChI=1S/C60H45N7O/c1-59(2)47-24-14-16-26-50(47)67(51-27-17-15-25-48(51)59)44-32-28-41(29-33-44)56-62-55(40-22-12-7-13-23-40)65-58(66-56)43-31-35-46-45-34-30-42(36-49(45)60(3,4)68-52(46)37-43)57-63-53(38-18-8-5-9-19-38)61-54(64-57)39-20-10-6-11-21-39/h5-37H,1-4H3. The second-order valence-electron chi connectivity index (χ2n) is 18.3. The maximum absolute atomic E-state index is 6.92. The lowest BCUT2D eigenvalue weighted by Gasteiger charge is -2.42. The van der Waals surface area contributed by atoms with Crippen LogP contribution in [0, 0.1) is 0 Å². The number of hydrogen-bond acceptors (Lipinski definition) is 8. The molecule has 326 valence electrons. The number of fused-ring (bicyclic) bond motifs is 5. The normalized spacial score (nSPS) is 13.9. The summed E-state index contributed by atoms with van der Waals surface area (Å²) in [7, 11) is 0. The average Bonchev–Trinajstić information content (AvgIpc) is 3.39. The fourth-order valence-electron chi connectivity index (χ4n) is 9.71. The van der Waals surface area contributed by atoms with E-state index < -0.39 is 5.60 Å². The molecule has 0 bridgehead atoms. The molecule has 0 fully saturated rings. The highest BCUT2D eigenvalue weighted by Gasteiger charge is 2.37. The minimum absolute atomic E-state index is 0.138. The summed E-state index contributed by atoms with van der Waals surface area (Å²) in [5, 5.41) is 0. The van der Waals surface area contributed by atoms with Gasteiger partial charge in [0.15, 0.2) is 34.9 Å². The summed E-state index contributed by atoms with van der Waals surface area (Å²) in [4.78, 5) is 32.6. The Bertz CT molecular complexity index is 3430. The third-order valence-corrected chi connectivity index (χ3v) is 13.2. The highest BCUT2D eigenvalue weighted by molar-refractivity contribution is 5.87. The number of para-hydroxylation sites is 2. The molecule has 0 unspecified atom stereocenters. The summed E-state index contributed by atoms with van der Waals surface area (Å²) in [6.07, 6.45) is 0. The smallest absolute Gasteiger partial charge is 0.164 e. The molecule has 4 heterocycles. The number of anilines is 3. The van der Waals surface area contributed by atoms with Gasteiger partial charge in [-0.2, -0.15) is 0 Å². The van der Waals surface area contributed by atoms with Gasteiger partial charge in [0.25, 0.3) is 0 Å². The van der Waals surface area contributed by atoms with Gasteiger partial charge in [0, 0.05) is 55.6 Å². The fraction of sp³-hybridized carbons (Fsp3) is 0.100. The van der Waals surface area contributed by atoms with E-state index in [1.807, 2.05) is 91.0 Å². The third-order valence-electron chi connectivity index (χ3n) is 13.2. The van der Waals surface area contributed by atoms with Gasteiger partial charge in [0.2, 0.25) is 0 Å². The van der Waals surface area contributed by atoms with Gasteiger partial charge in [-0.3, -0.25) is 0 Å². The predicted octanol–water partition coefficient (Wildman–Crippen LogP) is 14.5. The monoisotopic (exact) mass is 879 g/mol. The molecule has 10 aromatic rings. The zero-order valence-corrected chi connectivity index (χ0v) is 38.1. The van der Waals surface area contributed by atoms with Crippen LogP contribution in [0.5, 0.6) is 5.75 Å². The van der Waals surface area contributed by atoms with Crippen molar-refractivity contribution < 1.29 is 4.74 Å². The molecular formula is C60H45N7O. The van der Waals surface area contributed by atoms with Gasteiger partial charge in [-0.15, -0.1) is 0 Å². The second kappa shape index (κ2) is 16.1. The molecular weight excluding hydrogens is 835 g/mol. The van der Waals surface area contributed by atoms with Crippen LogP contribution in [-0.4, -0.2) is 29.9 Å². The maximum Gasteiger partial charge on any atom is 0.164 e. The predicted molar refractivity (Wildman–Crippen MR) is 272 cm³/mol. The molecule has 0 radical (unpaired) electrons. The number of aromatic nitrogens is 6. The van der Waals surface area contributed by atoms with Crippen LogP contribution in [0.25, 0.3) is 79.5 Å². The van der Waals surface area contributed by atoms with Crippen molar-refractivity contribution in [1.82, 2.24) is 29.9 Å². The maximum atomic E-state index is 6.92. The van der Waals surface area contributed by atoms with Gasteiger partial charge in [0.05, 0.1) is 11.4 Å². The van der Waals surface area contributed by atoms with Gasteiger partial charge in [-0.05, 0) is 85.1 Å². The van der Waals surface area contributed by atoms with Crippen LogP contribution in [0.2, 0.25) is 0 Å². The van der Waals surface area contributed by atoms with Gasteiger partial charge in [0.1, 0.15) is 11.4 Å². The van der Waals surface area contributed by atoms with Crippen LogP contribution in [0.4, 0.5) is 17.1 Å². The Hall–Kier alpha value is -8.62. The Balaban J connectivity index is 0.915. The van der Waals surface area contributed by atoms with E-state index in [-0.39, 0.29) is 5.41 Å². The van der Waals surface area contributed by atoms with Gasteiger partial charge < -0.3 is 9.64 Å². The van der Waals surface area contributed by atoms with Crippen molar-refractivity contribution in [3.63, 3.8) is 0 Å². The molecule has 0 atom stereocenters. The van der Waals surface area contributed by atoms with Crippen molar-refractivity contribution in [2.45, 2.75) is 38.7 Å². The lowest BCUT2D eigenvalue weighted by molar-refractivity contribution is 0.106. The summed E-state index contributed by atoms with van der Waals surface area (Å²) in [5.74, 6) is 4.32. The van der Waals surface area contributed by atoms with Gasteiger partial charge in [-0.1, -0.05) is 159 Å². The zero-order valence-electron chi connectivity index (χ0n) is 38.1. The molecule has 2 aliphatic rings. The summed E-state index contributed by atoms with van der Waals surface area (Å²) in [5.41, 5.74) is 13.6. The summed E-state index contributed by atoms with van der Waals surface area (Å²) in [6, 6.07) is 68.8. The summed E-state index contributed by atoms with van der Waals surface area (Å²) >= 11 is 0. The Kier molecular flexibility index (Phi) is 9.65. The number of nitrogens with zero attached hydrogens (tertiary/aromatic N) is 7. The van der Waals surface area contributed by atoms with Crippen molar-refractivity contribution in [3.05, 3.63) is 217 Å². The molecule has 2 aromatic heterocycles. The molecule has 68 heavy (non-hydrogen) atoms. The van der Waals surface area contributed by atoms with E-state index in [1.165, 1.54) is 22.5 Å². The number of hydrogen-bond donors (Lipinski definition) is 0. The molecule has 0 N–H and O–H groups in total. The minimum atomic E-state index is -0.694. The van der Waals surface area contributed by atoms with E-state index in [0.29, 0.717) is 34.9 Å². The Morgan fingerprint density at radius 3 is 1.18 bits per heavy atom. The first kappa shape index (κ1) is 40.9. The van der Waals surface area contributed by atoms with Gasteiger partial charge >= 0.3 is 0 Å². The lowest BCUT2D eigenvalue weighted by atomic mass is 9.73. The van der Waals surface area contributed by atoms with Crippen LogP contribution in [0.15, 0.2) is 200 Å². The van der Waals surface area contributed by atoms with E-state index in [0.717, 1.165) is 61.5 Å². The van der Waals surface area contributed by atoms with Crippen LogP contribution >= 0.6 is 0 Å². The van der Waals surface area contributed by atoms with E-state index in [4.69, 9.17) is 34.6 Å². The summed E-state index contributed by atoms with van der Waals surface area (Å²) < 4.78 is 6.92. The van der Waals surface area contributed by atoms with Gasteiger partial charge in [-0.25, -0.2) is 29.9 Å². The molecule has 0 aliphatic carbocycles. The number of benzene rings is 8. The van der Waals surface area contributed by atoms with E-state index in [2.05, 4.69) is 142 Å². The van der Waals surface area contributed by atoms with Crippen LogP contribution in [0.1, 0.15) is 44.4 Å². The molecule has 8 aromatic carbocycles. The van der Waals surface area contributed by atoms with E-state index in [9.17, 15) is 0 Å². The molecule has 0 saturated carbocycles. The molecule has 12 rings (SSSR count). The first-order chi connectivity index (χ1) is 33.2. The molecule has 0 spiro atoms. The average molecular weight is 880 g/mol. The Morgan fingerprint density at radius 2 is 0.706 bits per heavy atom. The largest absolute Gasteiger partial charge is 0.482 e. The minimum Gasteiger partial charge on any atom is -0.482 e. The molecule has 0 saturated heterocycles. The van der Waals surface area contributed by atoms with Crippen molar-refractivity contribution in [3.8, 4) is 85.2 Å². The summed E-state index contributed by atoms with van der Waals surface area (Å²) in [6.45, 7) is 8.81. The SMILES string of the molecule is CC1(C)Oc2cc(-c3nc(-c4ccccc4)nc(-c4ccc(N5c6ccccc6C(C)(C)c6ccccc65)cc4)n3)ccc2-c2ccc(-c3nc(-c4ccccc4)nc(-c4ccccc4)n3)cc21. The van der Waals surface area contributed by atoms with Crippen molar-refractivity contribution in [2.24, 2.45) is 0 Å². The molecule has 8 nitrogen and oxygen atoms in total. The molecule has 8 heteroatoms. The topological polar surface area (TPSA) is 89.8 Å². The third kappa shape index (κ3) is 7.09. The number of rotatable bonds is 7.